The molecule has 0 bridgehead atoms. The third kappa shape index (κ3) is 4.40. The van der Waals surface area contributed by atoms with Crippen molar-refractivity contribution in [2.45, 2.75) is 20.8 Å². The summed E-state index contributed by atoms with van der Waals surface area (Å²) in [5, 5.41) is 9.98. The molecular weight excluding hydrogens is 468 g/mol. The van der Waals surface area contributed by atoms with Crippen LogP contribution in [0.5, 0.6) is 0 Å². The normalized spacial score (nSPS) is 15.7. The molecule has 8 nitrogen and oxygen atoms in total. The second-order valence-corrected chi connectivity index (χ2v) is 10.7. The van der Waals surface area contributed by atoms with E-state index in [1.54, 1.807) is 23.7 Å². The predicted molar refractivity (Wildman–Crippen MR) is 120 cm³/mol. The molecule has 0 aliphatic carbocycles. The summed E-state index contributed by atoms with van der Waals surface area (Å²) in [4.78, 5) is 32.6. The van der Waals surface area contributed by atoms with E-state index in [1.807, 2.05) is 0 Å². The summed E-state index contributed by atoms with van der Waals surface area (Å²) in [6.07, 6.45) is 4.86. The van der Waals surface area contributed by atoms with Gasteiger partial charge in [0, 0.05) is 32.4 Å². The van der Waals surface area contributed by atoms with Crippen molar-refractivity contribution in [1.82, 2.24) is 24.8 Å². The van der Waals surface area contributed by atoms with Crippen LogP contribution in [0.3, 0.4) is 0 Å². The Kier molecular flexibility index (Phi) is 5.65. The fourth-order valence-electron chi connectivity index (χ4n) is 3.64. The van der Waals surface area contributed by atoms with E-state index in [1.165, 1.54) is 23.7 Å². The number of pyridine rings is 1. The van der Waals surface area contributed by atoms with Gasteiger partial charge in [-0.15, -0.1) is 11.3 Å². The maximum Gasteiger partial charge on any atom is 0.260 e. The number of carbonyl (C=O) groups is 2. The van der Waals surface area contributed by atoms with Gasteiger partial charge in [0.05, 0.1) is 38.7 Å². The van der Waals surface area contributed by atoms with E-state index in [4.69, 9.17) is 0 Å². The molecule has 0 radical (unpaired) electrons. The number of anilines is 1. The fourth-order valence-corrected chi connectivity index (χ4v) is 5.08. The molecule has 158 valence electrons. The van der Waals surface area contributed by atoms with E-state index < -0.39 is 0 Å². The van der Waals surface area contributed by atoms with Crippen LogP contribution >= 0.6 is 27.3 Å². The molecule has 4 heterocycles. The molecule has 30 heavy (non-hydrogen) atoms. The number of carbonyl (C=O) groups excluding carboxylic acids is 2. The average Bonchev–Trinajstić information content (AvgIpc) is 3.20. The van der Waals surface area contributed by atoms with Crippen molar-refractivity contribution in [3.05, 3.63) is 45.3 Å². The Labute approximate surface area is 186 Å². The molecule has 0 atom stereocenters. The number of aromatic nitrogens is 3. The molecule has 2 amide bonds. The average molecular weight is 491 g/mol. The first-order chi connectivity index (χ1) is 14.2. The highest BCUT2D eigenvalue weighted by molar-refractivity contribution is 9.11. The van der Waals surface area contributed by atoms with E-state index in [0.717, 1.165) is 28.3 Å². The van der Waals surface area contributed by atoms with Crippen molar-refractivity contribution in [2.75, 3.05) is 31.5 Å². The predicted octanol–water partition coefficient (Wildman–Crippen LogP) is 3.19. The lowest BCUT2D eigenvalue weighted by Crippen LogP contribution is -2.54. The molecule has 1 fully saturated rings. The minimum Gasteiger partial charge on any atom is -0.351 e. The maximum absolute atomic E-state index is 12.8. The second kappa shape index (κ2) is 8.09. The van der Waals surface area contributed by atoms with Crippen LogP contribution in [0.1, 0.15) is 40.3 Å². The molecule has 3 aromatic heterocycles. The number of hydrogen-bond acceptors (Lipinski definition) is 6. The highest BCUT2D eigenvalue weighted by Crippen LogP contribution is 2.28. The fraction of sp³-hybridized carbons (Fsp3) is 0.400. The Hall–Kier alpha value is -2.30. The highest BCUT2D eigenvalue weighted by atomic mass is 79.9. The minimum atomic E-state index is -0.290. The van der Waals surface area contributed by atoms with Crippen LogP contribution in [-0.2, 0) is 0 Å². The van der Waals surface area contributed by atoms with Crippen molar-refractivity contribution in [1.29, 1.82) is 0 Å². The number of rotatable bonds is 6. The summed E-state index contributed by atoms with van der Waals surface area (Å²) in [5.41, 5.74) is 2.40. The van der Waals surface area contributed by atoms with Crippen LogP contribution in [0.15, 0.2) is 28.4 Å². The zero-order valence-electron chi connectivity index (χ0n) is 17.0. The summed E-state index contributed by atoms with van der Waals surface area (Å²) in [7, 11) is 0. The third-order valence-corrected chi connectivity index (χ3v) is 6.62. The van der Waals surface area contributed by atoms with E-state index in [0.29, 0.717) is 34.5 Å². The Morgan fingerprint density at radius 3 is 2.77 bits per heavy atom. The lowest BCUT2D eigenvalue weighted by Gasteiger charge is -2.45. The van der Waals surface area contributed by atoms with Crippen LogP contribution in [0, 0.1) is 12.3 Å². The number of nitrogens with zero attached hydrogens (tertiary/aromatic N) is 4. The van der Waals surface area contributed by atoms with E-state index >= 15 is 0 Å². The van der Waals surface area contributed by atoms with Crippen LogP contribution in [-0.4, -0.2) is 57.5 Å². The van der Waals surface area contributed by atoms with Gasteiger partial charge in [-0.05, 0) is 34.3 Å². The topological polar surface area (TPSA) is 91.6 Å². The Morgan fingerprint density at radius 2 is 2.03 bits per heavy atom. The van der Waals surface area contributed by atoms with Crippen molar-refractivity contribution < 1.29 is 9.59 Å². The molecule has 4 rings (SSSR count). The van der Waals surface area contributed by atoms with Gasteiger partial charge in [0.15, 0.2) is 0 Å². The number of hydrogen-bond donors (Lipinski definition) is 2. The number of halogens is 1. The lowest BCUT2D eigenvalue weighted by atomic mass is 9.84. The van der Waals surface area contributed by atoms with E-state index in [9.17, 15) is 9.59 Å². The van der Waals surface area contributed by atoms with Gasteiger partial charge in [-0.3, -0.25) is 14.6 Å². The van der Waals surface area contributed by atoms with Crippen LogP contribution in [0.2, 0.25) is 0 Å². The van der Waals surface area contributed by atoms with Gasteiger partial charge in [0.2, 0.25) is 0 Å². The van der Waals surface area contributed by atoms with E-state index in [-0.39, 0.29) is 11.8 Å². The zero-order chi connectivity index (χ0) is 21.5. The van der Waals surface area contributed by atoms with Gasteiger partial charge >= 0.3 is 0 Å². The van der Waals surface area contributed by atoms with E-state index in [2.05, 4.69) is 55.4 Å². The number of likely N-dealkylation sites (tertiary alicyclic amines) is 1. The Morgan fingerprint density at radius 1 is 1.27 bits per heavy atom. The molecule has 1 aliphatic rings. The van der Waals surface area contributed by atoms with Crippen molar-refractivity contribution in [3.63, 3.8) is 0 Å². The molecular formula is C20H23BrN6O2S. The molecule has 3 aromatic rings. The largest absolute Gasteiger partial charge is 0.351 e. The molecule has 1 aliphatic heterocycles. The van der Waals surface area contributed by atoms with Crippen molar-refractivity contribution >= 4 is 49.6 Å². The summed E-state index contributed by atoms with van der Waals surface area (Å²) in [5.74, 6) is -0.491. The first kappa shape index (κ1) is 21.0. The maximum atomic E-state index is 12.8. The smallest absolute Gasteiger partial charge is 0.260 e. The minimum absolute atomic E-state index is 0.201. The molecule has 0 unspecified atom stereocenters. The Balaban J connectivity index is 1.40. The van der Waals surface area contributed by atoms with Crippen molar-refractivity contribution in [3.8, 4) is 0 Å². The Bertz CT molecular complexity index is 1110. The number of amides is 2. The van der Waals surface area contributed by atoms with Crippen LogP contribution in [0.4, 0.5) is 5.69 Å². The van der Waals surface area contributed by atoms with Gasteiger partial charge < -0.3 is 15.5 Å². The number of fused-ring (bicyclic) bond motifs is 1. The molecule has 0 saturated carbocycles. The van der Waals surface area contributed by atoms with Crippen molar-refractivity contribution in [2.24, 2.45) is 5.41 Å². The van der Waals surface area contributed by atoms with Gasteiger partial charge in [-0.25, -0.2) is 4.52 Å². The third-order valence-electron chi connectivity index (χ3n) is 5.03. The lowest BCUT2D eigenvalue weighted by molar-refractivity contribution is 0.0323. The summed E-state index contributed by atoms with van der Waals surface area (Å²) >= 11 is 4.83. The summed E-state index contributed by atoms with van der Waals surface area (Å²) in [6, 6.07) is 1.66. The molecule has 0 aromatic carbocycles. The standard InChI is InChI=1S/C20H23BrN6O2S/c1-12-15(25-18(29)14-8-24-27-9-16(21)30-19(14)27)6-13(7-23-12)17(28)22-4-5-26-10-20(2,3)11-26/h6-9H,4-5,10-11H2,1-3H3,(H,22,28)(H,25,29). The second-order valence-electron chi connectivity index (χ2n) is 8.29. The molecule has 10 heteroatoms. The van der Waals surface area contributed by atoms with Gasteiger partial charge in [0.1, 0.15) is 4.83 Å². The van der Waals surface area contributed by atoms with Gasteiger partial charge in [0.25, 0.3) is 11.8 Å². The first-order valence-corrected chi connectivity index (χ1v) is 11.2. The molecule has 2 N–H and O–H groups in total. The quantitative estimate of drug-likeness (QED) is 0.553. The monoisotopic (exact) mass is 490 g/mol. The number of nitrogens with one attached hydrogen (secondary N) is 2. The van der Waals surface area contributed by atoms with Gasteiger partial charge in [-0.1, -0.05) is 13.8 Å². The highest BCUT2D eigenvalue weighted by Gasteiger charge is 2.33. The number of thiazole rings is 1. The van der Waals surface area contributed by atoms with Crippen LogP contribution < -0.4 is 10.6 Å². The molecule has 1 saturated heterocycles. The SMILES string of the molecule is Cc1ncc(C(=O)NCCN2CC(C)(C)C2)cc1NC(=O)c1cnn2cc(Br)sc12. The van der Waals surface area contributed by atoms with Crippen LogP contribution in [0.25, 0.3) is 4.83 Å². The first-order valence-electron chi connectivity index (χ1n) is 9.63. The zero-order valence-corrected chi connectivity index (χ0v) is 19.4. The summed E-state index contributed by atoms with van der Waals surface area (Å²) in [6.45, 7) is 9.77. The number of aryl methyl sites for hydroxylation is 1. The summed E-state index contributed by atoms with van der Waals surface area (Å²) < 4.78 is 2.54. The van der Waals surface area contributed by atoms with Gasteiger partial charge in [-0.2, -0.15) is 5.10 Å². The molecule has 0 spiro atoms.